The van der Waals surface area contributed by atoms with Crippen molar-refractivity contribution in [3.63, 3.8) is 0 Å². The van der Waals surface area contributed by atoms with Crippen molar-refractivity contribution < 1.29 is 9.53 Å². The van der Waals surface area contributed by atoms with E-state index in [0.717, 1.165) is 11.1 Å². The number of H-pyrrole nitrogens is 1. The third kappa shape index (κ3) is 4.31. The average molecular weight is 441 g/mol. The first-order valence-electron chi connectivity index (χ1n) is 10.8. The summed E-state index contributed by atoms with van der Waals surface area (Å²) < 4.78 is 8.28. The molecule has 0 bridgehead atoms. The van der Waals surface area contributed by atoms with Crippen molar-refractivity contribution in [3.05, 3.63) is 56.2 Å². The van der Waals surface area contributed by atoms with Crippen molar-refractivity contribution >= 4 is 23.1 Å². The monoisotopic (exact) mass is 440 g/mol. The Balaban J connectivity index is 1.68. The van der Waals surface area contributed by atoms with Gasteiger partial charge in [-0.15, -0.1) is 0 Å². The first-order chi connectivity index (χ1) is 15.4. The third-order valence-electron chi connectivity index (χ3n) is 5.76. The van der Waals surface area contributed by atoms with E-state index in [2.05, 4.69) is 9.88 Å². The molecule has 170 valence electrons. The smallest absolute Gasteiger partial charge is 0.329 e. The Bertz CT molecular complexity index is 1230. The Morgan fingerprint density at radius 2 is 1.81 bits per heavy atom. The number of rotatable bonds is 6. The molecular weight excluding hydrogens is 412 g/mol. The number of ether oxygens (including phenoxy) is 1. The van der Waals surface area contributed by atoms with Gasteiger partial charge in [0, 0.05) is 33.2 Å². The molecule has 0 spiro atoms. The Morgan fingerprint density at radius 1 is 1.12 bits per heavy atom. The molecular formula is C22H28N6O4. The van der Waals surface area contributed by atoms with Crippen LogP contribution in [-0.2, 0) is 23.1 Å². The number of fused-ring (bicyclic) bond motifs is 1. The SMILES string of the molecule is CCOC(=O)CN1CCN(c2nc3c(c(=O)[nH]c(=O)n3C)n2Cc2ccc(C)cc2)CC1. The largest absolute Gasteiger partial charge is 0.465 e. The standard InChI is InChI=1S/C22H28N6O4/c1-4-32-17(29)14-26-9-11-27(12-10-26)21-23-19-18(20(30)24-22(31)25(19)3)28(21)13-16-7-5-15(2)6-8-16/h5-8H,4,9-14H2,1-3H3,(H,24,30,31). The lowest BCUT2D eigenvalue weighted by atomic mass is 10.1. The van der Waals surface area contributed by atoms with Gasteiger partial charge in [0.25, 0.3) is 5.56 Å². The van der Waals surface area contributed by atoms with E-state index in [1.807, 2.05) is 40.7 Å². The number of carbonyl (C=O) groups excluding carboxylic acids is 1. The molecule has 3 aromatic rings. The second-order valence-corrected chi connectivity index (χ2v) is 8.04. The highest BCUT2D eigenvalue weighted by molar-refractivity contribution is 5.75. The predicted octanol–water partition coefficient (Wildman–Crippen LogP) is 0.465. The van der Waals surface area contributed by atoms with Crippen LogP contribution >= 0.6 is 0 Å². The van der Waals surface area contributed by atoms with Gasteiger partial charge in [-0.25, -0.2) is 4.79 Å². The summed E-state index contributed by atoms with van der Waals surface area (Å²) in [6, 6.07) is 8.11. The summed E-state index contributed by atoms with van der Waals surface area (Å²) in [6.07, 6.45) is 0. The molecule has 0 aliphatic carbocycles. The summed E-state index contributed by atoms with van der Waals surface area (Å²) in [4.78, 5) is 47.9. The van der Waals surface area contributed by atoms with Crippen LogP contribution in [0.1, 0.15) is 18.1 Å². The Morgan fingerprint density at radius 3 is 2.47 bits per heavy atom. The van der Waals surface area contributed by atoms with Gasteiger partial charge in [-0.2, -0.15) is 4.98 Å². The number of aromatic nitrogens is 4. The van der Waals surface area contributed by atoms with Crippen LogP contribution in [0.25, 0.3) is 11.2 Å². The Labute approximate surface area is 185 Å². The molecule has 2 aromatic heterocycles. The summed E-state index contributed by atoms with van der Waals surface area (Å²) in [7, 11) is 1.60. The van der Waals surface area contributed by atoms with Crippen molar-refractivity contribution in [1.82, 2.24) is 24.0 Å². The normalized spacial score (nSPS) is 14.8. The molecule has 32 heavy (non-hydrogen) atoms. The highest BCUT2D eigenvalue weighted by Gasteiger charge is 2.26. The molecule has 1 fully saturated rings. The zero-order valence-corrected chi connectivity index (χ0v) is 18.6. The molecule has 0 unspecified atom stereocenters. The fourth-order valence-corrected chi connectivity index (χ4v) is 3.99. The van der Waals surface area contributed by atoms with Gasteiger partial charge in [-0.05, 0) is 19.4 Å². The van der Waals surface area contributed by atoms with Crippen molar-refractivity contribution in [3.8, 4) is 0 Å². The highest BCUT2D eigenvalue weighted by atomic mass is 16.5. The minimum atomic E-state index is -0.492. The lowest BCUT2D eigenvalue weighted by Gasteiger charge is -2.34. The second kappa shape index (κ2) is 8.99. The topological polar surface area (TPSA) is 105 Å². The van der Waals surface area contributed by atoms with Gasteiger partial charge in [0.2, 0.25) is 5.95 Å². The summed E-state index contributed by atoms with van der Waals surface area (Å²) >= 11 is 0. The molecule has 10 heteroatoms. The number of hydrogen-bond acceptors (Lipinski definition) is 7. The molecule has 1 aliphatic rings. The zero-order chi connectivity index (χ0) is 22.8. The van der Waals surface area contributed by atoms with Crippen LogP contribution in [0.3, 0.4) is 0 Å². The minimum absolute atomic E-state index is 0.228. The van der Waals surface area contributed by atoms with Crippen molar-refractivity contribution in [1.29, 1.82) is 0 Å². The van der Waals surface area contributed by atoms with Crippen LogP contribution in [0.2, 0.25) is 0 Å². The number of benzene rings is 1. The maximum atomic E-state index is 12.7. The number of nitrogens with zero attached hydrogens (tertiary/aromatic N) is 5. The first kappa shape index (κ1) is 21.8. The number of hydrogen-bond donors (Lipinski definition) is 1. The highest BCUT2D eigenvalue weighted by Crippen LogP contribution is 2.22. The molecule has 1 saturated heterocycles. The van der Waals surface area contributed by atoms with E-state index in [0.29, 0.717) is 56.4 Å². The van der Waals surface area contributed by atoms with Gasteiger partial charge in [0.1, 0.15) is 0 Å². The summed E-state index contributed by atoms with van der Waals surface area (Å²) in [5.74, 6) is 0.414. The lowest BCUT2D eigenvalue weighted by Crippen LogP contribution is -2.49. The molecule has 1 N–H and O–H groups in total. The van der Waals surface area contributed by atoms with Crippen LogP contribution in [0, 0.1) is 6.92 Å². The van der Waals surface area contributed by atoms with Crippen LogP contribution < -0.4 is 16.1 Å². The quantitative estimate of drug-likeness (QED) is 0.556. The summed E-state index contributed by atoms with van der Waals surface area (Å²) in [6.45, 7) is 7.53. The zero-order valence-electron chi connectivity index (χ0n) is 18.6. The number of carbonyl (C=O) groups is 1. The van der Waals surface area contributed by atoms with E-state index in [1.54, 1.807) is 14.0 Å². The minimum Gasteiger partial charge on any atom is -0.465 e. The molecule has 0 saturated carbocycles. The van der Waals surface area contributed by atoms with Gasteiger partial charge in [-0.1, -0.05) is 29.8 Å². The van der Waals surface area contributed by atoms with E-state index in [9.17, 15) is 14.4 Å². The second-order valence-electron chi connectivity index (χ2n) is 8.04. The van der Waals surface area contributed by atoms with Crippen molar-refractivity contribution in [2.24, 2.45) is 7.05 Å². The lowest BCUT2D eigenvalue weighted by molar-refractivity contribution is -0.144. The first-order valence-corrected chi connectivity index (χ1v) is 10.8. The molecule has 1 aliphatic heterocycles. The number of imidazole rings is 1. The number of esters is 1. The average Bonchev–Trinajstić information content (AvgIpc) is 3.14. The van der Waals surface area contributed by atoms with E-state index < -0.39 is 11.2 Å². The molecule has 4 rings (SSSR count). The number of aromatic amines is 1. The van der Waals surface area contributed by atoms with Crippen molar-refractivity contribution in [2.75, 3.05) is 44.2 Å². The van der Waals surface area contributed by atoms with Crippen LogP contribution in [0.5, 0.6) is 0 Å². The van der Waals surface area contributed by atoms with Gasteiger partial charge in [0.05, 0.1) is 19.7 Å². The van der Waals surface area contributed by atoms with E-state index in [-0.39, 0.29) is 12.5 Å². The van der Waals surface area contributed by atoms with Gasteiger partial charge in [0.15, 0.2) is 11.2 Å². The Hall–Kier alpha value is -3.40. The predicted molar refractivity (Wildman–Crippen MR) is 121 cm³/mol. The number of aryl methyl sites for hydroxylation is 2. The fourth-order valence-electron chi connectivity index (χ4n) is 3.99. The van der Waals surface area contributed by atoms with Gasteiger partial charge >= 0.3 is 11.7 Å². The van der Waals surface area contributed by atoms with E-state index >= 15 is 0 Å². The summed E-state index contributed by atoms with van der Waals surface area (Å²) in [5, 5.41) is 0. The van der Waals surface area contributed by atoms with E-state index in [4.69, 9.17) is 9.72 Å². The molecule has 0 amide bonds. The molecule has 3 heterocycles. The van der Waals surface area contributed by atoms with E-state index in [1.165, 1.54) is 4.57 Å². The Kier molecular flexibility index (Phi) is 6.13. The fraction of sp³-hybridized carbons (Fsp3) is 0.455. The maximum Gasteiger partial charge on any atom is 0.329 e. The van der Waals surface area contributed by atoms with Crippen LogP contribution in [0.4, 0.5) is 5.95 Å². The van der Waals surface area contributed by atoms with Gasteiger partial charge < -0.3 is 9.64 Å². The van der Waals surface area contributed by atoms with Crippen LogP contribution in [-0.4, -0.2) is 69.3 Å². The van der Waals surface area contributed by atoms with Crippen LogP contribution in [0.15, 0.2) is 33.9 Å². The number of piperazine rings is 1. The number of anilines is 1. The maximum absolute atomic E-state index is 12.7. The summed E-state index contributed by atoms with van der Waals surface area (Å²) in [5.41, 5.74) is 1.97. The van der Waals surface area contributed by atoms with Gasteiger partial charge in [-0.3, -0.25) is 28.6 Å². The van der Waals surface area contributed by atoms with Crippen molar-refractivity contribution in [2.45, 2.75) is 20.4 Å². The molecule has 1 aromatic carbocycles. The number of nitrogens with one attached hydrogen (secondary N) is 1. The molecule has 0 atom stereocenters. The third-order valence-corrected chi connectivity index (χ3v) is 5.76. The molecule has 10 nitrogen and oxygen atoms in total. The molecule has 0 radical (unpaired) electrons.